The first-order valence-electron chi connectivity index (χ1n) is 10.5. The van der Waals surface area contributed by atoms with Crippen LogP contribution in [-0.2, 0) is 11.2 Å². The van der Waals surface area contributed by atoms with Crippen molar-refractivity contribution in [2.24, 2.45) is 5.41 Å². The van der Waals surface area contributed by atoms with Gasteiger partial charge in [-0.3, -0.25) is 14.6 Å². The van der Waals surface area contributed by atoms with E-state index in [2.05, 4.69) is 51.0 Å². The zero-order valence-electron chi connectivity index (χ0n) is 17.7. The number of benzene rings is 1. The third-order valence-corrected chi connectivity index (χ3v) is 6.55. The van der Waals surface area contributed by atoms with Gasteiger partial charge in [0, 0.05) is 36.4 Å². The van der Waals surface area contributed by atoms with Crippen LogP contribution < -0.4 is 5.32 Å². The van der Waals surface area contributed by atoms with E-state index >= 15 is 0 Å². The van der Waals surface area contributed by atoms with Gasteiger partial charge in [-0.25, -0.2) is 4.98 Å². The highest BCUT2D eigenvalue weighted by atomic mass is 32.1. The molecule has 1 aliphatic heterocycles. The molecule has 0 radical (unpaired) electrons. The van der Waals surface area contributed by atoms with Gasteiger partial charge in [-0.1, -0.05) is 30.3 Å². The number of likely N-dealkylation sites (tertiary alicyclic amines) is 1. The van der Waals surface area contributed by atoms with E-state index in [4.69, 9.17) is 0 Å². The highest BCUT2D eigenvalue weighted by Crippen LogP contribution is 2.36. The molecule has 4 rings (SSSR count). The summed E-state index contributed by atoms with van der Waals surface area (Å²) in [5.74, 6) is -0.181. The minimum atomic E-state index is -0.660. The highest BCUT2D eigenvalue weighted by molar-refractivity contribution is 7.13. The van der Waals surface area contributed by atoms with E-state index in [0.717, 1.165) is 5.56 Å². The number of thiophene rings is 1. The van der Waals surface area contributed by atoms with E-state index in [1.165, 1.54) is 22.8 Å². The van der Waals surface area contributed by atoms with Gasteiger partial charge in [0.05, 0.1) is 11.6 Å². The van der Waals surface area contributed by atoms with E-state index < -0.39 is 5.41 Å². The quantitative estimate of drug-likeness (QED) is 0.640. The fourth-order valence-electron chi connectivity index (χ4n) is 4.06. The molecule has 1 atom stereocenters. The molecule has 1 fully saturated rings. The van der Waals surface area contributed by atoms with Crippen molar-refractivity contribution in [1.29, 1.82) is 0 Å². The largest absolute Gasteiger partial charge is 0.353 e. The lowest BCUT2D eigenvalue weighted by molar-refractivity contribution is -0.130. The average molecular weight is 435 g/mol. The van der Waals surface area contributed by atoms with Gasteiger partial charge in [0.25, 0.3) is 5.91 Å². The number of hydrogen-bond donors (Lipinski definition) is 1. The van der Waals surface area contributed by atoms with Gasteiger partial charge in [0.2, 0.25) is 5.91 Å². The Morgan fingerprint density at radius 2 is 2.00 bits per heavy atom. The molecule has 3 aromatic rings. The normalized spacial score (nSPS) is 18.4. The lowest BCUT2D eigenvalue weighted by Gasteiger charge is -2.29. The molecule has 1 aromatic carbocycles. The van der Waals surface area contributed by atoms with Crippen molar-refractivity contribution < 1.29 is 9.59 Å². The second-order valence-electron chi connectivity index (χ2n) is 8.33. The summed E-state index contributed by atoms with van der Waals surface area (Å²) < 4.78 is 0. The summed E-state index contributed by atoms with van der Waals surface area (Å²) in [6.45, 7) is 4.81. The number of aromatic nitrogens is 2. The predicted molar refractivity (Wildman–Crippen MR) is 122 cm³/mol. The van der Waals surface area contributed by atoms with Crippen molar-refractivity contribution >= 4 is 23.2 Å². The maximum atomic E-state index is 13.3. The topological polar surface area (TPSA) is 75.2 Å². The summed E-state index contributed by atoms with van der Waals surface area (Å²) in [5, 5.41) is 5.14. The smallest absolute Gasteiger partial charge is 0.274 e. The number of rotatable bonds is 6. The number of carbonyl (C=O) groups is 2. The second-order valence-corrected chi connectivity index (χ2v) is 9.27. The van der Waals surface area contributed by atoms with Gasteiger partial charge in [0.15, 0.2) is 0 Å². The molecule has 3 heterocycles. The highest BCUT2D eigenvalue weighted by Gasteiger charge is 2.46. The van der Waals surface area contributed by atoms with Gasteiger partial charge in [-0.2, -0.15) is 0 Å². The van der Waals surface area contributed by atoms with E-state index in [1.807, 2.05) is 19.9 Å². The molecule has 0 aliphatic carbocycles. The third-order valence-electron chi connectivity index (χ3n) is 5.63. The van der Waals surface area contributed by atoms with Crippen LogP contribution in [-0.4, -0.2) is 45.8 Å². The summed E-state index contributed by atoms with van der Waals surface area (Å²) in [4.78, 5) is 37.2. The van der Waals surface area contributed by atoms with Crippen molar-refractivity contribution in [1.82, 2.24) is 20.2 Å². The van der Waals surface area contributed by atoms with Crippen LogP contribution >= 0.6 is 11.3 Å². The molecule has 0 spiro atoms. The Morgan fingerprint density at radius 1 is 1.19 bits per heavy atom. The van der Waals surface area contributed by atoms with Crippen LogP contribution in [0.3, 0.4) is 0 Å². The molecular formula is C24H26N4O2S. The summed E-state index contributed by atoms with van der Waals surface area (Å²) in [7, 11) is 0. The minimum absolute atomic E-state index is 0.000667. The molecule has 0 saturated carbocycles. The zero-order chi connectivity index (χ0) is 21.8. The number of amides is 2. The van der Waals surface area contributed by atoms with Gasteiger partial charge >= 0.3 is 0 Å². The van der Waals surface area contributed by atoms with Crippen LogP contribution in [0.25, 0.3) is 10.4 Å². The van der Waals surface area contributed by atoms with E-state index in [1.54, 1.807) is 22.4 Å². The number of hydrogen-bond acceptors (Lipinski definition) is 5. The fourth-order valence-corrected chi connectivity index (χ4v) is 4.80. The Morgan fingerprint density at radius 3 is 2.65 bits per heavy atom. The first-order chi connectivity index (χ1) is 15.0. The summed E-state index contributed by atoms with van der Waals surface area (Å²) in [6, 6.07) is 12.6. The van der Waals surface area contributed by atoms with Crippen molar-refractivity contribution in [3.8, 4) is 10.4 Å². The maximum Gasteiger partial charge on any atom is 0.274 e. The maximum absolute atomic E-state index is 13.3. The number of nitrogens with zero attached hydrogens (tertiary/aromatic N) is 3. The van der Waals surface area contributed by atoms with Crippen LogP contribution in [0.5, 0.6) is 0 Å². The van der Waals surface area contributed by atoms with Gasteiger partial charge in [0.1, 0.15) is 5.69 Å². The summed E-state index contributed by atoms with van der Waals surface area (Å²) in [6.07, 6.45) is 5.72. The Labute approximate surface area is 186 Å². The SMILES string of the molecule is CC(C)NC(=O)[C@@]1(Cc2ccc(-c3cccs3)cc2)CCN(C(=O)c2cnccn2)C1. The fraction of sp³-hybridized carbons (Fsp3) is 0.333. The molecule has 0 bridgehead atoms. The van der Waals surface area contributed by atoms with Crippen molar-refractivity contribution in [2.45, 2.75) is 32.7 Å². The zero-order valence-corrected chi connectivity index (χ0v) is 18.6. The molecular weight excluding hydrogens is 408 g/mol. The first kappa shape index (κ1) is 21.2. The van der Waals surface area contributed by atoms with Crippen molar-refractivity contribution in [3.63, 3.8) is 0 Å². The Bertz CT molecular complexity index is 1040. The summed E-state index contributed by atoms with van der Waals surface area (Å²) in [5.41, 5.74) is 1.91. The second kappa shape index (κ2) is 8.98. The molecule has 1 saturated heterocycles. The molecule has 6 nitrogen and oxygen atoms in total. The molecule has 1 N–H and O–H groups in total. The Balaban J connectivity index is 1.56. The number of carbonyl (C=O) groups excluding carboxylic acids is 2. The van der Waals surface area contributed by atoms with Gasteiger partial charge < -0.3 is 10.2 Å². The standard InChI is InChI=1S/C24H26N4O2S/c1-17(2)27-23(30)24(9-12-28(16-24)22(29)20-15-25-10-11-26-20)14-18-5-7-19(8-6-18)21-4-3-13-31-21/h3-8,10-11,13,15,17H,9,12,14,16H2,1-2H3,(H,27,30)/t24-/m1/s1. The predicted octanol–water partition coefficient (Wildman–Crippen LogP) is 3.80. The monoisotopic (exact) mass is 434 g/mol. The van der Waals surface area contributed by atoms with Crippen LogP contribution in [0.1, 0.15) is 36.3 Å². The summed E-state index contributed by atoms with van der Waals surface area (Å²) >= 11 is 1.71. The van der Waals surface area contributed by atoms with Crippen LogP contribution in [0.15, 0.2) is 60.4 Å². The molecule has 160 valence electrons. The average Bonchev–Trinajstić information content (AvgIpc) is 3.45. The Hall–Kier alpha value is -3.06. The lowest BCUT2D eigenvalue weighted by Crippen LogP contribution is -2.47. The van der Waals surface area contributed by atoms with Crippen molar-refractivity contribution in [3.05, 3.63) is 71.6 Å². The molecule has 0 unspecified atom stereocenters. The molecule has 7 heteroatoms. The third kappa shape index (κ3) is 4.66. The first-order valence-corrected chi connectivity index (χ1v) is 11.3. The van der Waals surface area contributed by atoms with Gasteiger partial charge in [-0.05, 0) is 49.3 Å². The Kier molecular flexibility index (Phi) is 6.13. The molecule has 31 heavy (non-hydrogen) atoms. The van der Waals surface area contributed by atoms with Gasteiger partial charge in [-0.15, -0.1) is 11.3 Å². The van der Waals surface area contributed by atoms with Crippen molar-refractivity contribution in [2.75, 3.05) is 13.1 Å². The lowest BCUT2D eigenvalue weighted by atomic mass is 9.79. The minimum Gasteiger partial charge on any atom is -0.353 e. The van der Waals surface area contributed by atoms with Crippen LogP contribution in [0, 0.1) is 5.41 Å². The van der Waals surface area contributed by atoms with Crippen LogP contribution in [0.4, 0.5) is 0 Å². The molecule has 2 amide bonds. The van der Waals surface area contributed by atoms with E-state index in [9.17, 15) is 9.59 Å². The number of nitrogens with one attached hydrogen (secondary N) is 1. The van der Waals surface area contributed by atoms with E-state index in [-0.39, 0.29) is 17.9 Å². The molecule has 1 aliphatic rings. The van der Waals surface area contributed by atoms with Crippen LogP contribution in [0.2, 0.25) is 0 Å². The molecule has 2 aromatic heterocycles. The van der Waals surface area contributed by atoms with E-state index in [0.29, 0.717) is 31.6 Å².